The Morgan fingerprint density at radius 3 is 2.79 bits per heavy atom. The summed E-state index contributed by atoms with van der Waals surface area (Å²) in [6.45, 7) is 0. The number of hydrogen-bond donors (Lipinski definition) is 1. The van der Waals surface area contributed by atoms with Crippen LogP contribution in [0.1, 0.15) is 11.5 Å². The van der Waals surface area contributed by atoms with Crippen LogP contribution in [0.25, 0.3) is 28.2 Å². The highest BCUT2D eigenvalue weighted by Crippen LogP contribution is 2.32. The number of imidazole rings is 1. The average Bonchev–Trinajstić information content (AvgIpc) is 3.41. The fourth-order valence-corrected chi connectivity index (χ4v) is 3.72. The van der Waals surface area contributed by atoms with Gasteiger partial charge in [0.05, 0.1) is 22.3 Å². The molecule has 0 aliphatic carbocycles. The first kappa shape index (κ1) is 17.7. The van der Waals surface area contributed by atoms with Gasteiger partial charge in [-0.3, -0.25) is 4.40 Å². The molecule has 7 nitrogen and oxygen atoms in total. The minimum Gasteiger partial charge on any atom is -0.338 e. The van der Waals surface area contributed by atoms with Gasteiger partial charge in [-0.15, -0.1) is 5.10 Å². The third kappa shape index (κ3) is 3.23. The largest absolute Gasteiger partial charge is 0.416 e. The minimum absolute atomic E-state index is 0.104. The van der Waals surface area contributed by atoms with Gasteiger partial charge in [0.25, 0.3) is 0 Å². The van der Waals surface area contributed by atoms with Gasteiger partial charge in [-0.05, 0) is 24.3 Å². The van der Waals surface area contributed by atoms with Gasteiger partial charge in [0, 0.05) is 5.56 Å². The molecule has 0 amide bonds. The van der Waals surface area contributed by atoms with Crippen LogP contribution in [0.15, 0.2) is 58.2 Å². The number of hydrogen-bond acceptors (Lipinski definition) is 6. The van der Waals surface area contributed by atoms with Crippen molar-refractivity contribution in [3.05, 3.63) is 60.0 Å². The number of halogens is 3. The molecule has 0 radical (unpaired) electrons. The summed E-state index contributed by atoms with van der Waals surface area (Å²) in [7, 11) is 0. The molecule has 0 saturated carbocycles. The molecule has 0 aliphatic rings. The van der Waals surface area contributed by atoms with E-state index in [4.69, 9.17) is 4.52 Å². The van der Waals surface area contributed by atoms with E-state index in [0.29, 0.717) is 16.7 Å². The predicted octanol–water partition coefficient (Wildman–Crippen LogP) is 4.57. The van der Waals surface area contributed by atoms with Gasteiger partial charge in [-0.2, -0.15) is 18.2 Å². The second-order valence-electron chi connectivity index (χ2n) is 6.14. The van der Waals surface area contributed by atoms with Crippen LogP contribution >= 0.6 is 11.8 Å². The average molecular weight is 416 g/mol. The molecule has 5 rings (SSSR count). The van der Waals surface area contributed by atoms with Crippen molar-refractivity contribution in [2.24, 2.45) is 0 Å². The SMILES string of the molecule is FC(F)(F)c1cccc(-c2noc(CSc3n[nH]c4nc5ccccc5n34)n2)c1. The van der Waals surface area contributed by atoms with Crippen molar-refractivity contribution in [2.45, 2.75) is 17.1 Å². The lowest BCUT2D eigenvalue weighted by atomic mass is 10.1. The van der Waals surface area contributed by atoms with E-state index >= 15 is 0 Å². The topological polar surface area (TPSA) is 84.9 Å². The Hall–Kier alpha value is -3.34. The van der Waals surface area contributed by atoms with Crippen LogP contribution in [-0.4, -0.2) is 29.7 Å². The molecular weight excluding hydrogens is 405 g/mol. The summed E-state index contributed by atoms with van der Waals surface area (Å²) in [5.74, 6) is 1.30. The number of aromatic nitrogens is 6. The van der Waals surface area contributed by atoms with Crippen molar-refractivity contribution in [2.75, 3.05) is 0 Å². The summed E-state index contributed by atoms with van der Waals surface area (Å²) in [6, 6.07) is 12.5. The van der Waals surface area contributed by atoms with E-state index < -0.39 is 11.7 Å². The van der Waals surface area contributed by atoms with Crippen LogP contribution in [-0.2, 0) is 11.9 Å². The number of thioether (sulfide) groups is 1. The number of nitrogens with one attached hydrogen (secondary N) is 1. The molecule has 1 N–H and O–H groups in total. The zero-order valence-electron chi connectivity index (χ0n) is 14.5. The van der Waals surface area contributed by atoms with E-state index in [9.17, 15) is 13.2 Å². The normalized spacial score (nSPS) is 12.2. The van der Waals surface area contributed by atoms with Crippen LogP contribution in [0.3, 0.4) is 0 Å². The fraction of sp³-hybridized carbons (Fsp3) is 0.111. The number of H-pyrrole nitrogens is 1. The number of alkyl halides is 3. The van der Waals surface area contributed by atoms with Gasteiger partial charge in [0.1, 0.15) is 0 Å². The molecule has 0 saturated heterocycles. The van der Waals surface area contributed by atoms with Crippen LogP contribution in [0.2, 0.25) is 0 Å². The Bertz CT molecular complexity index is 1320. The standard InChI is InChI=1S/C18H11F3N6OS/c19-18(20,21)11-5-3-4-10(8-11)15-23-14(28-26-15)9-29-17-25-24-16-22-12-6-1-2-7-13(12)27(16)17/h1-8H,9H2,(H,22,24). The molecule has 0 atom stereocenters. The molecule has 0 bridgehead atoms. The van der Waals surface area contributed by atoms with Crippen molar-refractivity contribution in [3.63, 3.8) is 0 Å². The molecule has 2 aromatic carbocycles. The zero-order chi connectivity index (χ0) is 20.0. The highest BCUT2D eigenvalue weighted by atomic mass is 32.2. The highest BCUT2D eigenvalue weighted by Gasteiger charge is 2.30. The molecular formula is C18H11F3N6OS. The van der Waals surface area contributed by atoms with Crippen molar-refractivity contribution >= 4 is 28.6 Å². The van der Waals surface area contributed by atoms with E-state index in [-0.39, 0.29) is 17.3 Å². The summed E-state index contributed by atoms with van der Waals surface area (Å²) in [5.41, 5.74) is 1.23. The van der Waals surface area contributed by atoms with E-state index in [0.717, 1.165) is 23.2 Å². The molecule has 0 spiro atoms. The molecule has 0 unspecified atom stereocenters. The summed E-state index contributed by atoms with van der Waals surface area (Å²) in [5, 5.41) is 11.6. The van der Waals surface area contributed by atoms with E-state index in [2.05, 4.69) is 25.3 Å². The number of fused-ring (bicyclic) bond motifs is 3. The van der Waals surface area contributed by atoms with Crippen molar-refractivity contribution in [3.8, 4) is 11.4 Å². The zero-order valence-corrected chi connectivity index (χ0v) is 15.3. The maximum atomic E-state index is 12.9. The Morgan fingerprint density at radius 2 is 1.93 bits per heavy atom. The van der Waals surface area contributed by atoms with Gasteiger partial charge in [-0.25, -0.2) is 10.1 Å². The molecule has 5 aromatic rings. The summed E-state index contributed by atoms with van der Waals surface area (Å²) in [4.78, 5) is 8.66. The Morgan fingerprint density at radius 1 is 1.07 bits per heavy atom. The highest BCUT2D eigenvalue weighted by molar-refractivity contribution is 7.98. The fourth-order valence-electron chi connectivity index (χ4n) is 2.93. The number of benzene rings is 2. The molecule has 3 aromatic heterocycles. The number of nitrogens with zero attached hydrogens (tertiary/aromatic N) is 5. The Labute approximate surface area is 164 Å². The first-order chi connectivity index (χ1) is 14.0. The summed E-state index contributed by atoms with van der Waals surface area (Å²) in [6.07, 6.45) is -4.43. The number of para-hydroxylation sites is 2. The third-order valence-corrected chi connectivity index (χ3v) is 5.17. The van der Waals surface area contributed by atoms with Crippen LogP contribution in [0.5, 0.6) is 0 Å². The molecule has 0 aliphatic heterocycles. The molecule has 3 heterocycles. The predicted molar refractivity (Wildman–Crippen MR) is 99.1 cm³/mol. The Balaban J connectivity index is 1.38. The third-order valence-electron chi connectivity index (χ3n) is 4.24. The van der Waals surface area contributed by atoms with Crippen LogP contribution in [0.4, 0.5) is 13.2 Å². The van der Waals surface area contributed by atoms with Gasteiger partial charge >= 0.3 is 6.18 Å². The lowest BCUT2D eigenvalue weighted by molar-refractivity contribution is -0.137. The van der Waals surface area contributed by atoms with Crippen LogP contribution < -0.4 is 0 Å². The monoisotopic (exact) mass is 416 g/mol. The summed E-state index contributed by atoms with van der Waals surface area (Å²) >= 11 is 1.35. The lowest BCUT2D eigenvalue weighted by Gasteiger charge is -2.06. The second-order valence-corrected chi connectivity index (χ2v) is 7.09. The lowest BCUT2D eigenvalue weighted by Crippen LogP contribution is -2.04. The number of aromatic amines is 1. The molecule has 11 heteroatoms. The minimum atomic E-state index is -4.43. The Kier molecular flexibility index (Phi) is 4.05. The maximum absolute atomic E-state index is 12.9. The van der Waals surface area contributed by atoms with Gasteiger partial charge in [-0.1, -0.05) is 41.2 Å². The van der Waals surface area contributed by atoms with Crippen molar-refractivity contribution in [1.29, 1.82) is 0 Å². The van der Waals surface area contributed by atoms with E-state index in [1.807, 2.05) is 28.7 Å². The maximum Gasteiger partial charge on any atom is 0.416 e. The molecule has 0 fully saturated rings. The van der Waals surface area contributed by atoms with Crippen LogP contribution in [0, 0.1) is 0 Å². The van der Waals surface area contributed by atoms with E-state index in [1.54, 1.807) is 0 Å². The molecule has 146 valence electrons. The quantitative estimate of drug-likeness (QED) is 0.432. The second kappa shape index (κ2) is 6.62. The van der Waals surface area contributed by atoms with Crippen molar-refractivity contribution in [1.82, 2.24) is 29.7 Å². The van der Waals surface area contributed by atoms with Gasteiger partial charge < -0.3 is 4.52 Å². The summed E-state index contributed by atoms with van der Waals surface area (Å²) < 4.78 is 45.8. The van der Waals surface area contributed by atoms with Crippen molar-refractivity contribution < 1.29 is 17.7 Å². The first-order valence-electron chi connectivity index (χ1n) is 8.43. The smallest absolute Gasteiger partial charge is 0.338 e. The first-order valence-corrected chi connectivity index (χ1v) is 9.42. The molecule has 29 heavy (non-hydrogen) atoms. The van der Waals surface area contributed by atoms with Gasteiger partial charge in [0.2, 0.25) is 17.5 Å². The number of rotatable bonds is 4. The van der Waals surface area contributed by atoms with Gasteiger partial charge in [0.15, 0.2) is 5.16 Å². The van der Waals surface area contributed by atoms with E-state index in [1.165, 1.54) is 23.9 Å².